The summed E-state index contributed by atoms with van der Waals surface area (Å²) in [6.07, 6.45) is 2.60. The van der Waals surface area contributed by atoms with Crippen LogP contribution in [0.25, 0.3) is 0 Å². The van der Waals surface area contributed by atoms with Gasteiger partial charge in [-0.15, -0.1) is 0 Å². The summed E-state index contributed by atoms with van der Waals surface area (Å²) in [4.78, 5) is 0. The highest BCUT2D eigenvalue weighted by molar-refractivity contribution is 6.30. The molecule has 1 fully saturated rings. The van der Waals surface area contributed by atoms with Gasteiger partial charge in [0.2, 0.25) is 0 Å². The predicted octanol–water partition coefficient (Wildman–Crippen LogP) is 4.01. The van der Waals surface area contributed by atoms with Gasteiger partial charge in [-0.2, -0.15) is 0 Å². The molecule has 0 radical (unpaired) electrons. The molecule has 0 aliphatic heterocycles. The van der Waals surface area contributed by atoms with Crippen LogP contribution < -0.4 is 5.32 Å². The summed E-state index contributed by atoms with van der Waals surface area (Å²) in [6, 6.07) is 8.93. The third-order valence-corrected chi connectivity index (χ3v) is 4.43. The summed E-state index contributed by atoms with van der Waals surface area (Å²) < 4.78 is 0. The lowest BCUT2D eigenvalue weighted by Gasteiger charge is -2.49. The maximum Gasteiger partial charge on any atom is 0.0408 e. The Kier molecular flexibility index (Phi) is 3.79. The van der Waals surface area contributed by atoms with Crippen molar-refractivity contribution < 1.29 is 0 Å². The van der Waals surface area contributed by atoms with E-state index in [2.05, 4.69) is 44.3 Å². The van der Waals surface area contributed by atoms with Gasteiger partial charge in [0.05, 0.1) is 0 Å². The van der Waals surface area contributed by atoms with E-state index in [0.29, 0.717) is 11.5 Å². The molecule has 0 aromatic heterocycles. The van der Waals surface area contributed by atoms with Crippen LogP contribution in [0.2, 0.25) is 5.02 Å². The van der Waals surface area contributed by atoms with Crippen molar-refractivity contribution in [2.45, 2.75) is 45.1 Å². The van der Waals surface area contributed by atoms with Gasteiger partial charge in [0.25, 0.3) is 0 Å². The Morgan fingerprint density at radius 2 is 2.24 bits per heavy atom. The van der Waals surface area contributed by atoms with Gasteiger partial charge in [0.15, 0.2) is 0 Å². The second-order valence-electron chi connectivity index (χ2n) is 5.64. The average molecular weight is 252 g/mol. The first-order valence-corrected chi connectivity index (χ1v) is 6.92. The fourth-order valence-corrected chi connectivity index (χ4v) is 2.95. The van der Waals surface area contributed by atoms with E-state index in [1.165, 1.54) is 18.4 Å². The third-order valence-electron chi connectivity index (χ3n) is 4.19. The molecule has 17 heavy (non-hydrogen) atoms. The van der Waals surface area contributed by atoms with Crippen molar-refractivity contribution in [1.82, 2.24) is 5.32 Å². The van der Waals surface area contributed by atoms with Crippen LogP contribution in [0.4, 0.5) is 0 Å². The molecule has 0 spiro atoms. The Morgan fingerprint density at radius 1 is 1.47 bits per heavy atom. The van der Waals surface area contributed by atoms with Gasteiger partial charge >= 0.3 is 0 Å². The van der Waals surface area contributed by atoms with E-state index in [1.807, 2.05) is 6.07 Å². The van der Waals surface area contributed by atoms with E-state index >= 15 is 0 Å². The zero-order chi connectivity index (χ0) is 12.5. The van der Waals surface area contributed by atoms with Gasteiger partial charge in [0, 0.05) is 23.0 Å². The first-order valence-electron chi connectivity index (χ1n) is 6.54. The molecule has 1 N–H and O–H groups in total. The number of rotatable bonds is 4. The van der Waals surface area contributed by atoms with Crippen molar-refractivity contribution >= 4 is 11.6 Å². The zero-order valence-corrected chi connectivity index (χ0v) is 11.7. The molecule has 1 saturated carbocycles. The third kappa shape index (κ3) is 2.51. The van der Waals surface area contributed by atoms with Gasteiger partial charge in [0.1, 0.15) is 0 Å². The molecule has 0 heterocycles. The lowest BCUT2D eigenvalue weighted by atomic mass is 9.57. The maximum atomic E-state index is 6.12. The van der Waals surface area contributed by atoms with Crippen molar-refractivity contribution in [3.63, 3.8) is 0 Å². The Labute approximate surface area is 110 Å². The van der Waals surface area contributed by atoms with Crippen molar-refractivity contribution in [3.8, 4) is 0 Å². The molecule has 2 atom stereocenters. The fraction of sp³-hybridized carbons (Fsp3) is 0.600. The van der Waals surface area contributed by atoms with Crippen LogP contribution in [0, 0.1) is 5.92 Å². The summed E-state index contributed by atoms with van der Waals surface area (Å²) in [7, 11) is 0. The predicted molar refractivity (Wildman–Crippen MR) is 74.7 cm³/mol. The minimum absolute atomic E-state index is 0.301. The summed E-state index contributed by atoms with van der Waals surface area (Å²) in [5, 5.41) is 4.45. The number of halogens is 1. The standard InChI is InChI=1S/C15H22ClN/c1-11(2)17-10-15(8-7-12(15)3)13-5-4-6-14(16)9-13/h4-6,9,11-12,17H,7-8,10H2,1-3H3. The van der Waals surface area contributed by atoms with Crippen LogP contribution in [0.5, 0.6) is 0 Å². The Hall–Kier alpha value is -0.530. The van der Waals surface area contributed by atoms with Crippen LogP contribution in [-0.4, -0.2) is 12.6 Å². The smallest absolute Gasteiger partial charge is 0.0408 e. The van der Waals surface area contributed by atoms with Crippen LogP contribution in [0.1, 0.15) is 39.2 Å². The van der Waals surface area contributed by atoms with Crippen molar-refractivity contribution in [2.24, 2.45) is 5.92 Å². The lowest BCUT2D eigenvalue weighted by molar-refractivity contribution is 0.131. The highest BCUT2D eigenvalue weighted by Gasteiger charge is 2.44. The second kappa shape index (κ2) is 4.99. The first kappa shape index (κ1) is 12.9. The monoisotopic (exact) mass is 251 g/mol. The topological polar surface area (TPSA) is 12.0 Å². The molecular formula is C15H22ClN. The van der Waals surface area contributed by atoms with Crippen LogP contribution >= 0.6 is 11.6 Å². The van der Waals surface area contributed by atoms with E-state index in [0.717, 1.165) is 17.5 Å². The molecule has 0 amide bonds. The molecule has 1 aromatic carbocycles. The summed E-state index contributed by atoms with van der Waals surface area (Å²) >= 11 is 6.12. The molecule has 1 aliphatic rings. The average Bonchev–Trinajstić information content (AvgIpc) is 2.27. The first-order chi connectivity index (χ1) is 8.04. The minimum Gasteiger partial charge on any atom is -0.314 e. The van der Waals surface area contributed by atoms with E-state index in [-0.39, 0.29) is 0 Å². The highest BCUT2D eigenvalue weighted by atomic mass is 35.5. The van der Waals surface area contributed by atoms with Gasteiger partial charge in [-0.25, -0.2) is 0 Å². The number of nitrogens with one attached hydrogen (secondary N) is 1. The molecule has 2 rings (SSSR count). The number of hydrogen-bond donors (Lipinski definition) is 1. The quantitative estimate of drug-likeness (QED) is 0.853. The Bertz CT molecular complexity index is 388. The Balaban J connectivity index is 2.22. The largest absolute Gasteiger partial charge is 0.314 e. The minimum atomic E-state index is 0.301. The Morgan fingerprint density at radius 3 is 2.71 bits per heavy atom. The van der Waals surface area contributed by atoms with E-state index in [1.54, 1.807) is 0 Å². The summed E-state index contributed by atoms with van der Waals surface area (Å²) in [6.45, 7) is 7.82. The van der Waals surface area contributed by atoms with Crippen molar-refractivity contribution in [1.29, 1.82) is 0 Å². The molecule has 94 valence electrons. The molecule has 1 aromatic rings. The van der Waals surface area contributed by atoms with E-state index < -0.39 is 0 Å². The fourth-order valence-electron chi connectivity index (χ4n) is 2.76. The van der Waals surface area contributed by atoms with E-state index in [9.17, 15) is 0 Å². The second-order valence-corrected chi connectivity index (χ2v) is 6.08. The summed E-state index contributed by atoms with van der Waals surface area (Å²) in [5.74, 6) is 0.743. The van der Waals surface area contributed by atoms with Crippen molar-refractivity contribution in [2.75, 3.05) is 6.54 Å². The maximum absolute atomic E-state index is 6.12. The number of hydrogen-bond acceptors (Lipinski definition) is 1. The zero-order valence-electron chi connectivity index (χ0n) is 11.0. The summed E-state index contributed by atoms with van der Waals surface area (Å²) in [5.41, 5.74) is 1.70. The van der Waals surface area contributed by atoms with Crippen LogP contribution in [0.3, 0.4) is 0 Å². The van der Waals surface area contributed by atoms with Crippen LogP contribution in [0.15, 0.2) is 24.3 Å². The van der Waals surface area contributed by atoms with E-state index in [4.69, 9.17) is 11.6 Å². The SMILES string of the molecule is CC(C)NCC1(c2cccc(Cl)c2)CCC1C. The van der Waals surface area contributed by atoms with Crippen molar-refractivity contribution in [3.05, 3.63) is 34.9 Å². The molecule has 0 bridgehead atoms. The number of benzene rings is 1. The van der Waals surface area contributed by atoms with Crippen LogP contribution in [-0.2, 0) is 5.41 Å². The van der Waals surface area contributed by atoms with Gasteiger partial charge in [-0.3, -0.25) is 0 Å². The molecule has 0 saturated heterocycles. The van der Waals surface area contributed by atoms with Gasteiger partial charge in [-0.05, 0) is 36.5 Å². The molecule has 2 unspecified atom stereocenters. The lowest BCUT2D eigenvalue weighted by Crippen LogP contribution is -2.51. The molecule has 1 nitrogen and oxygen atoms in total. The highest BCUT2D eigenvalue weighted by Crippen LogP contribution is 2.48. The molecule has 1 aliphatic carbocycles. The molecule has 2 heteroatoms. The normalized spacial score (nSPS) is 28.2. The molecular weight excluding hydrogens is 230 g/mol. The van der Waals surface area contributed by atoms with Gasteiger partial charge in [-0.1, -0.05) is 44.5 Å². The van der Waals surface area contributed by atoms with Gasteiger partial charge < -0.3 is 5.32 Å².